The Hall–Kier alpha value is -1.39. The first kappa shape index (κ1) is 18.4. The molecule has 0 radical (unpaired) electrons. The summed E-state index contributed by atoms with van der Waals surface area (Å²) in [5, 5.41) is 9.17. The van der Waals surface area contributed by atoms with Crippen LogP contribution in [0.2, 0.25) is 0 Å². The smallest absolute Gasteiger partial charge is 0.185 e. The largest absolute Gasteiger partial charge is 0.288 e. The molecule has 0 N–H and O–H groups in total. The quantitative estimate of drug-likeness (QED) is 0.413. The van der Waals surface area contributed by atoms with Gasteiger partial charge in [0.05, 0.1) is 0 Å². The molecule has 3 heterocycles. The van der Waals surface area contributed by atoms with Gasteiger partial charge >= 0.3 is 0 Å². The van der Waals surface area contributed by atoms with Crippen molar-refractivity contribution >= 4 is 50.9 Å². The Morgan fingerprint density at radius 1 is 0.960 bits per heavy atom. The van der Waals surface area contributed by atoms with Crippen LogP contribution in [-0.4, -0.2) is 10.9 Å². The van der Waals surface area contributed by atoms with Gasteiger partial charge in [0, 0.05) is 37.1 Å². The van der Waals surface area contributed by atoms with E-state index in [0.29, 0.717) is 0 Å². The second kappa shape index (κ2) is 8.81. The molecule has 2 nitrogen and oxygen atoms in total. The summed E-state index contributed by atoms with van der Waals surface area (Å²) in [6.07, 6.45) is 3.29. The van der Waals surface area contributed by atoms with Gasteiger partial charge in [0.1, 0.15) is 10.9 Å². The number of hydrogen-bond acceptors (Lipinski definition) is 6. The summed E-state index contributed by atoms with van der Waals surface area (Å²) in [4.78, 5) is 18.0. The van der Waals surface area contributed by atoms with Crippen molar-refractivity contribution < 1.29 is 4.79 Å². The Kier molecular flexibility index (Phi) is 6.49. The number of aryl methyl sites for hydroxylation is 1. The minimum atomic E-state index is 0.208. The molecule has 0 saturated heterocycles. The van der Waals surface area contributed by atoms with Crippen LogP contribution < -0.4 is 0 Å². The molecule has 0 unspecified atom stereocenters. The van der Waals surface area contributed by atoms with E-state index >= 15 is 0 Å². The molecule has 0 spiro atoms. The van der Waals surface area contributed by atoms with Crippen LogP contribution in [0.3, 0.4) is 0 Å². The van der Waals surface area contributed by atoms with Crippen molar-refractivity contribution in [2.24, 2.45) is 0 Å². The molecule has 3 rings (SSSR count). The van der Waals surface area contributed by atoms with Crippen LogP contribution in [-0.2, 0) is 11.2 Å². The number of nitrogens with zero attached hydrogens (tertiary/aromatic N) is 1. The zero-order valence-electron chi connectivity index (χ0n) is 13.8. The van der Waals surface area contributed by atoms with Crippen molar-refractivity contribution in [1.29, 1.82) is 5.26 Å². The molecule has 0 aromatic carbocycles. The minimum absolute atomic E-state index is 0.208. The van der Waals surface area contributed by atoms with Crippen molar-refractivity contribution in [1.82, 2.24) is 0 Å². The highest BCUT2D eigenvalue weighted by molar-refractivity contribution is 8.13. The standard InChI is InChI=1S/C19H17NOS4/c1-13(21)22-11-3-2-4-14-5-7-16(23-14)18-9-10-19(25-18)17-8-6-15(12-20)24-17/h5-10H,2-4,11H2,1H3. The topological polar surface area (TPSA) is 40.9 Å². The van der Waals surface area contributed by atoms with Gasteiger partial charge in [0.2, 0.25) is 0 Å². The van der Waals surface area contributed by atoms with E-state index < -0.39 is 0 Å². The number of carbonyl (C=O) groups excluding carboxylic acids is 1. The Labute approximate surface area is 164 Å². The average Bonchev–Trinajstić information content (AvgIpc) is 3.33. The molecule has 0 atom stereocenters. The third-order valence-corrected chi connectivity index (χ3v) is 8.10. The second-order valence-corrected chi connectivity index (χ2v) is 10.1. The summed E-state index contributed by atoms with van der Waals surface area (Å²) in [6, 6.07) is 14.8. The van der Waals surface area contributed by atoms with E-state index in [2.05, 4.69) is 30.3 Å². The van der Waals surface area contributed by atoms with Crippen LogP contribution in [0.25, 0.3) is 19.5 Å². The van der Waals surface area contributed by atoms with E-state index in [4.69, 9.17) is 5.26 Å². The summed E-state index contributed by atoms with van der Waals surface area (Å²) >= 11 is 6.60. The lowest BCUT2D eigenvalue weighted by atomic mass is 10.2. The molecule has 0 saturated carbocycles. The first-order valence-corrected chi connectivity index (χ1v) is 11.4. The molecule has 0 bridgehead atoms. The van der Waals surface area contributed by atoms with E-state index in [1.165, 1.54) is 31.3 Å². The van der Waals surface area contributed by atoms with E-state index in [1.807, 2.05) is 23.5 Å². The molecule has 0 fully saturated rings. The van der Waals surface area contributed by atoms with E-state index in [-0.39, 0.29) is 5.12 Å². The Morgan fingerprint density at radius 2 is 1.60 bits per heavy atom. The molecule has 0 amide bonds. The lowest BCUT2D eigenvalue weighted by Gasteiger charge is -1.97. The van der Waals surface area contributed by atoms with Gasteiger partial charge in [0.25, 0.3) is 0 Å². The highest BCUT2D eigenvalue weighted by Gasteiger charge is 2.09. The predicted octanol–water partition coefficient (Wildman–Crippen LogP) is 6.68. The molecule has 0 aliphatic heterocycles. The molecule has 128 valence electrons. The fourth-order valence-corrected chi connectivity index (χ4v) is 6.07. The van der Waals surface area contributed by atoms with Crippen LogP contribution in [0.1, 0.15) is 29.5 Å². The SMILES string of the molecule is CC(=O)SCCCCc1ccc(-c2ccc(-c3ccc(C#N)s3)s2)s1. The lowest BCUT2D eigenvalue weighted by Crippen LogP contribution is -1.88. The number of thiophene rings is 3. The molecule has 25 heavy (non-hydrogen) atoms. The lowest BCUT2D eigenvalue weighted by molar-refractivity contribution is -0.109. The normalized spacial score (nSPS) is 10.7. The Morgan fingerprint density at radius 3 is 2.28 bits per heavy atom. The number of thioether (sulfide) groups is 1. The average molecular weight is 404 g/mol. The van der Waals surface area contributed by atoms with Crippen LogP contribution >= 0.6 is 45.8 Å². The predicted molar refractivity (Wildman–Crippen MR) is 112 cm³/mol. The maximum Gasteiger partial charge on any atom is 0.185 e. The first-order valence-electron chi connectivity index (χ1n) is 7.98. The van der Waals surface area contributed by atoms with Crippen LogP contribution in [0.5, 0.6) is 0 Å². The molecule has 6 heteroatoms. The molecule has 3 aromatic rings. The first-order chi connectivity index (χ1) is 12.2. The van der Waals surface area contributed by atoms with Crippen molar-refractivity contribution in [3.63, 3.8) is 0 Å². The van der Waals surface area contributed by atoms with Gasteiger partial charge < -0.3 is 0 Å². The van der Waals surface area contributed by atoms with Crippen molar-refractivity contribution in [3.05, 3.63) is 46.2 Å². The molecule has 0 aliphatic rings. The summed E-state index contributed by atoms with van der Waals surface area (Å²) in [6.45, 7) is 1.63. The van der Waals surface area contributed by atoms with Crippen molar-refractivity contribution in [3.8, 4) is 25.6 Å². The highest BCUT2D eigenvalue weighted by Crippen LogP contribution is 2.40. The molecular weight excluding hydrogens is 386 g/mol. The maximum absolute atomic E-state index is 10.9. The number of carbonyl (C=O) groups is 1. The highest BCUT2D eigenvalue weighted by atomic mass is 32.2. The summed E-state index contributed by atoms with van der Waals surface area (Å²) < 4.78 is 0. The van der Waals surface area contributed by atoms with Crippen LogP contribution in [0.15, 0.2) is 36.4 Å². The number of nitriles is 1. The van der Waals surface area contributed by atoms with Gasteiger partial charge in [-0.05, 0) is 55.7 Å². The van der Waals surface area contributed by atoms with Gasteiger partial charge in [-0.2, -0.15) is 5.26 Å². The van der Waals surface area contributed by atoms with Gasteiger partial charge in [-0.25, -0.2) is 0 Å². The summed E-state index contributed by atoms with van der Waals surface area (Å²) in [5.41, 5.74) is 0. The van der Waals surface area contributed by atoms with Gasteiger partial charge in [-0.1, -0.05) is 11.8 Å². The molecular formula is C19H17NOS4. The fourth-order valence-electron chi connectivity index (χ4n) is 2.40. The van der Waals surface area contributed by atoms with Gasteiger partial charge in [-0.3, -0.25) is 4.79 Å². The Balaban J connectivity index is 1.59. The van der Waals surface area contributed by atoms with Gasteiger partial charge in [-0.15, -0.1) is 34.0 Å². The molecule has 0 aliphatic carbocycles. The summed E-state index contributed by atoms with van der Waals surface area (Å²) in [5.74, 6) is 0.924. The monoisotopic (exact) mass is 403 g/mol. The zero-order chi connectivity index (χ0) is 17.6. The molecule has 3 aromatic heterocycles. The third kappa shape index (κ3) is 5.05. The fraction of sp³-hybridized carbons (Fsp3) is 0.263. The number of hydrogen-bond donors (Lipinski definition) is 0. The van der Waals surface area contributed by atoms with Crippen molar-refractivity contribution in [2.75, 3.05) is 5.75 Å². The van der Waals surface area contributed by atoms with E-state index in [0.717, 1.165) is 34.8 Å². The minimum Gasteiger partial charge on any atom is -0.288 e. The van der Waals surface area contributed by atoms with Crippen LogP contribution in [0, 0.1) is 11.3 Å². The Bertz CT molecular complexity index is 897. The number of rotatable bonds is 7. The zero-order valence-corrected chi connectivity index (χ0v) is 17.0. The van der Waals surface area contributed by atoms with E-state index in [1.54, 1.807) is 29.6 Å². The second-order valence-electron chi connectivity index (χ2n) is 5.50. The van der Waals surface area contributed by atoms with E-state index in [9.17, 15) is 4.79 Å². The maximum atomic E-state index is 10.9. The number of unbranched alkanes of at least 4 members (excludes halogenated alkanes) is 1. The third-order valence-electron chi connectivity index (χ3n) is 3.59. The van der Waals surface area contributed by atoms with Crippen LogP contribution in [0.4, 0.5) is 0 Å². The van der Waals surface area contributed by atoms with Gasteiger partial charge in [0.15, 0.2) is 5.12 Å². The summed E-state index contributed by atoms with van der Waals surface area (Å²) in [7, 11) is 0. The van der Waals surface area contributed by atoms with Crippen molar-refractivity contribution in [2.45, 2.75) is 26.2 Å².